The minimum Gasteiger partial charge on any atom is -0.469 e. The number of halogens is 3. The molecule has 1 amide bonds. The number of guanidine groups is 1. The van der Waals surface area contributed by atoms with E-state index >= 15 is 0 Å². The van der Waals surface area contributed by atoms with E-state index in [0.29, 0.717) is 13.0 Å². The molecule has 0 unspecified atom stereocenters. The fourth-order valence-electron chi connectivity index (χ4n) is 2.27. The van der Waals surface area contributed by atoms with E-state index in [-0.39, 0.29) is 36.3 Å². The van der Waals surface area contributed by atoms with Crippen molar-refractivity contribution in [3.8, 4) is 5.75 Å². The number of carbonyl (C=O) groups excluding carboxylic acids is 1. The van der Waals surface area contributed by atoms with Gasteiger partial charge in [0.25, 0.3) is 0 Å². The first kappa shape index (κ1) is 22.1. The van der Waals surface area contributed by atoms with Crippen molar-refractivity contribution in [1.29, 1.82) is 0 Å². The summed E-state index contributed by atoms with van der Waals surface area (Å²) in [6.07, 6.45) is -2.65. The Kier molecular flexibility index (Phi) is 7.93. The van der Waals surface area contributed by atoms with Crippen LogP contribution < -0.4 is 15.4 Å². The Labute approximate surface area is 166 Å². The number of aliphatic imine (C=N–C) groups is 1. The molecule has 29 heavy (non-hydrogen) atoms. The highest BCUT2D eigenvalue weighted by atomic mass is 19.4. The molecule has 1 aromatic carbocycles. The maximum absolute atomic E-state index is 12.6. The minimum absolute atomic E-state index is 0.0136. The molecule has 0 saturated carbocycles. The first-order chi connectivity index (χ1) is 13.7. The molecule has 2 N–H and O–H groups in total. The third-order valence-electron chi connectivity index (χ3n) is 3.76. The first-order valence-corrected chi connectivity index (χ1v) is 8.83. The van der Waals surface area contributed by atoms with Gasteiger partial charge in [-0.15, -0.1) is 13.2 Å². The van der Waals surface area contributed by atoms with Gasteiger partial charge in [0.2, 0.25) is 5.91 Å². The van der Waals surface area contributed by atoms with Gasteiger partial charge in [0.15, 0.2) is 5.96 Å². The highest BCUT2D eigenvalue weighted by Gasteiger charge is 2.31. The van der Waals surface area contributed by atoms with Gasteiger partial charge >= 0.3 is 6.36 Å². The van der Waals surface area contributed by atoms with Crippen LogP contribution in [0.5, 0.6) is 5.75 Å². The SMILES string of the molecule is CN(C)C(=O)CNC(=NCc1ccccc1OC(F)(F)F)NCCc1ccco1. The van der Waals surface area contributed by atoms with Crippen molar-refractivity contribution in [2.45, 2.75) is 19.3 Å². The Morgan fingerprint density at radius 2 is 1.93 bits per heavy atom. The number of benzene rings is 1. The van der Waals surface area contributed by atoms with Gasteiger partial charge in [-0.2, -0.15) is 0 Å². The summed E-state index contributed by atoms with van der Waals surface area (Å²) in [5.74, 6) is 0.563. The second-order valence-electron chi connectivity index (χ2n) is 6.22. The van der Waals surface area contributed by atoms with E-state index in [9.17, 15) is 18.0 Å². The number of hydrogen-bond acceptors (Lipinski definition) is 4. The number of nitrogens with zero attached hydrogens (tertiary/aromatic N) is 2. The summed E-state index contributed by atoms with van der Waals surface area (Å²) in [5, 5.41) is 5.91. The van der Waals surface area contributed by atoms with Gasteiger partial charge in [-0.05, 0) is 18.2 Å². The van der Waals surface area contributed by atoms with E-state index in [1.165, 1.54) is 23.1 Å². The lowest BCUT2D eigenvalue weighted by Gasteiger charge is -2.15. The summed E-state index contributed by atoms with van der Waals surface area (Å²) in [6, 6.07) is 9.37. The molecule has 1 heterocycles. The molecule has 0 atom stereocenters. The quantitative estimate of drug-likeness (QED) is 0.515. The zero-order valence-corrected chi connectivity index (χ0v) is 16.1. The smallest absolute Gasteiger partial charge is 0.469 e. The van der Waals surface area contributed by atoms with Crippen LogP contribution in [0.1, 0.15) is 11.3 Å². The molecular formula is C19H23F3N4O3. The largest absolute Gasteiger partial charge is 0.573 e. The molecule has 0 spiro atoms. The third kappa shape index (κ3) is 8.16. The fraction of sp³-hybridized carbons (Fsp3) is 0.368. The predicted octanol–water partition coefficient (Wildman–Crippen LogP) is 2.54. The summed E-state index contributed by atoms with van der Waals surface area (Å²) < 4.78 is 47.0. The summed E-state index contributed by atoms with van der Waals surface area (Å²) in [7, 11) is 3.24. The van der Waals surface area contributed by atoms with Gasteiger partial charge in [-0.1, -0.05) is 18.2 Å². The normalized spacial score (nSPS) is 11.8. The molecule has 2 aromatic rings. The molecule has 2 rings (SSSR count). The zero-order valence-electron chi connectivity index (χ0n) is 16.1. The lowest BCUT2D eigenvalue weighted by Crippen LogP contribution is -2.43. The summed E-state index contributed by atoms with van der Waals surface area (Å²) in [6.45, 7) is 0.370. The van der Waals surface area contributed by atoms with Crippen molar-refractivity contribution in [2.24, 2.45) is 4.99 Å². The Hall–Kier alpha value is -3.17. The third-order valence-corrected chi connectivity index (χ3v) is 3.76. The lowest BCUT2D eigenvalue weighted by atomic mass is 10.2. The van der Waals surface area contributed by atoms with Gasteiger partial charge in [0.1, 0.15) is 11.5 Å². The van der Waals surface area contributed by atoms with Gasteiger partial charge in [-0.25, -0.2) is 4.99 Å². The Morgan fingerprint density at radius 3 is 2.59 bits per heavy atom. The van der Waals surface area contributed by atoms with Crippen LogP contribution in [0.4, 0.5) is 13.2 Å². The molecule has 0 fully saturated rings. The standard InChI is InChI=1S/C19H23F3N4O3/c1-26(2)17(27)13-25-18(23-10-9-15-7-5-11-28-15)24-12-14-6-3-4-8-16(14)29-19(20,21)22/h3-8,11H,9-10,12-13H2,1-2H3,(H2,23,24,25). The van der Waals surface area contributed by atoms with Crippen molar-refractivity contribution in [3.63, 3.8) is 0 Å². The van der Waals surface area contributed by atoms with E-state index in [0.717, 1.165) is 5.76 Å². The van der Waals surface area contributed by atoms with E-state index in [4.69, 9.17) is 4.42 Å². The molecule has 10 heteroatoms. The molecule has 0 bridgehead atoms. The summed E-state index contributed by atoms with van der Waals surface area (Å²) in [4.78, 5) is 17.5. The number of hydrogen-bond donors (Lipinski definition) is 2. The second kappa shape index (κ2) is 10.4. The average Bonchev–Trinajstić information content (AvgIpc) is 3.16. The number of para-hydroxylation sites is 1. The van der Waals surface area contributed by atoms with Crippen molar-refractivity contribution >= 4 is 11.9 Å². The van der Waals surface area contributed by atoms with Gasteiger partial charge in [0.05, 0.1) is 19.4 Å². The Bertz CT molecular complexity index is 805. The first-order valence-electron chi connectivity index (χ1n) is 8.83. The van der Waals surface area contributed by atoms with Crippen molar-refractivity contribution < 1.29 is 27.1 Å². The number of nitrogens with one attached hydrogen (secondary N) is 2. The van der Waals surface area contributed by atoms with E-state index in [2.05, 4.69) is 20.4 Å². The predicted molar refractivity (Wildman–Crippen MR) is 101 cm³/mol. The van der Waals surface area contributed by atoms with Crippen molar-refractivity contribution in [1.82, 2.24) is 15.5 Å². The van der Waals surface area contributed by atoms with Crippen LogP contribution in [0.25, 0.3) is 0 Å². The topological polar surface area (TPSA) is 79.1 Å². The van der Waals surface area contributed by atoms with Crippen LogP contribution in [-0.2, 0) is 17.8 Å². The van der Waals surface area contributed by atoms with Crippen LogP contribution in [-0.4, -0.2) is 50.3 Å². The maximum Gasteiger partial charge on any atom is 0.573 e. The molecule has 1 aromatic heterocycles. The Balaban J connectivity index is 2.06. The summed E-state index contributed by atoms with van der Waals surface area (Å²) in [5.41, 5.74) is 0.260. The number of ether oxygens (including phenoxy) is 1. The van der Waals surface area contributed by atoms with E-state index in [1.54, 1.807) is 32.5 Å². The molecule has 0 aliphatic rings. The monoisotopic (exact) mass is 412 g/mol. The summed E-state index contributed by atoms with van der Waals surface area (Å²) >= 11 is 0. The molecule has 0 radical (unpaired) electrons. The van der Waals surface area contributed by atoms with Crippen LogP contribution in [0.15, 0.2) is 52.1 Å². The second-order valence-corrected chi connectivity index (χ2v) is 6.22. The van der Waals surface area contributed by atoms with Crippen LogP contribution in [0, 0.1) is 0 Å². The highest BCUT2D eigenvalue weighted by molar-refractivity contribution is 5.86. The van der Waals surface area contributed by atoms with Crippen LogP contribution in [0.2, 0.25) is 0 Å². The number of amides is 1. The van der Waals surface area contributed by atoms with Crippen LogP contribution >= 0.6 is 0 Å². The molecular weight excluding hydrogens is 389 g/mol. The molecule has 7 nitrogen and oxygen atoms in total. The minimum atomic E-state index is -4.79. The van der Waals surface area contributed by atoms with Gasteiger partial charge in [0, 0.05) is 32.6 Å². The molecule has 0 aliphatic carbocycles. The highest BCUT2D eigenvalue weighted by Crippen LogP contribution is 2.26. The average molecular weight is 412 g/mol. The van der Waals surface area contributed by atoms with Crippen molar-refractivity contribution in [2.75, 3.05) is 27.2 Å². The maximum atomic E-state index is 12.6. The molecule has 158 valence electrons. The lowest BCUT2D eigenvalue weighted by molar-refractivity contribution is -0.274. The number of carbonyl (C=O) groups is 1. The van der Waals surface area contributed by atoms with E-state index < -0.39 is 6.36 Å². The molecule has 0 saturated heterocycles. The van der Waals surface area contributed by atoms with E-state index in [1.807, 2.05) is 6.07 Å². The number of alkyl halides is 3. The van der Waals surface area contributed by atoms with Crippen LogP contribution in [0.3, 0.4) is 0 Å². The van der Waals surface area contributed by atoms with Gasteiger partial charge in [-0.3, -0.25) is 4.79 Å². The zero-order chi connectivity index (χ0) is 21.3. The fourth-order valence-corrected chi connectivity index (χ4v) is 2.27. The Morgan fingerprint density at radius 1 is 1.17 bits per heavy atom. The number of likely N-dealkylation sites (N-methyl/N-ethyl adjacent to an activating group) is 1. The van der Waals surface area contributed by atoms with Crippen molar-refractivity contribution in [3.05, 3.63) is 54.0 Å². The number of furan rings is 1. The van der Waals surface area contributed by atoms with Gasteiger partial charge < -0.3 is 24.7 Å². The molecule has 0 aliphatic heterocycles. The number of rotatable bonds is 8.